The molecule has 0 saturated carbocycles. The van der Waals surface area contributed by atoms with Crippen molar-refractivity contribution in [3.8, 4) is 0 Å². The van der Waals surface area contributed by atoms with Crippen molar-refractivity contribution in [1.29, 1.82) is 0 Å². The van der Waals surface area contributed by atoms with E-state index in [1.54, 1.807) is 0 Å². The van der Waals surface area contributed by atoms with Gasteiger partial charge >= 0.3 is 0 Å². The van der Waals surface area contributed by atoms with E-state index in [0.717, 1.165) is 16.9 Å². The van der Waals surface area contributed by atoms with Gasteiger partial charge in [-0.15, -0.1) is 0 Å². The van der Waals surface area contributed by atoms with Crippen LogP contribution in [0, 0.1) is 6.92 Å². The lowest BCUT2D eigenvalue weighted by molar-refractivity contribution is 1.24. The predicted molar refractivity (Wildman–Crippen MR) is 61.8 cm³/mol. The average Bonchev–Trinajstić information content (AvgIpc) is 2.66. The molecule has 2 aromatic heterocycles. The minimum atomic E-state index is 0.796. The van der Waals surface area contributed by atoms with Gasteiger partial charge in [0.25, 0.3) is 0 Å². The smallest absolute Gasteiger partial charge is 0.137 e. The first-order chi connectivity index (χ1) is 7.25. The lowest BCUT2D eigenvalue weighted by Gasteiger charge is -2.06. The third-order valence-electron chi connectivity index (χ3n) is 2.72. The molecule has 3 aromatic rings. The summed E-state index contributed by atoms with van der Waals surface area (Å²) in [6, 6.07) is 8.03. The van der Waals surface area contributed by atoms with Crippen LogP contribution in [-0.4, -0.2) is 9.38 Å². The monoisotopic (exact) mass is 197 g/mol. The number of aromatic nitrogens is 2. The molecule has 15 heavy (non-hydrogen) atoms. The molecule has 3 nitrogen and oxygen atoms in total. The molecule has 2 heterocycles. The quantitative estimate of drug-likeness (QED) is 0.562. The highest BCUT2D eigenvalue weighted by Crippen LogP contribution is 2.22. The average molecular weight is 197 g/mol. The van der Waals surface area contributed by atoms with Crippen molar-refractivity contribution >= 4 is 22.2 Å². The molecule has 3 rings (SSSR count). The molecule has 2 N–H and O–H groups in total. The van der Waals surface area contributed by atoms with Gasteiger partial charge < -0.3 is 5.73 Å². The fourth-order valence-electron chi connectivity index (χ4n) is 1.98. The molecule has 0 aliphatic rings. The maximum Gasteiger partial charge on any atom is 0.137 e. The van der Waals surface area contributed by atoms with Crippen LogP contribution in [-0.2, 0) is 0 Å². The molecule has 1 aromatic carbocycles. The SMILES string of the molecule is Cc1cc2nccn2c2ccc(N)cc12. The Balaban J connectivity index is 2.61. The van der Waals surface area contributed by atoms with Gasteiger partial charge in [-0.25, -0.2) is 4.98 Å². The Kier molecular flexibility index (Phi) is 1.51. The maximum absolute atomic E-state index is 5.79. The minimum Gasteiger partial charge on any atom is -0.399 e. The highest BCUT2D eigenvalue weighted by Gasteiger charge is 2.03. The number of nitrogens with two attached hydrogens (primary N) is 1. The van der Waals surface area contributed by atoms with Crippen LogP contribution >= 0.6 is 0 Å². The first-order valence-electron chi connectivity index (χ1n) is 4.87. The summed E-state index contributed by atoms with van der Waals surface area (Å²) in [7, 11) is 0. The van der Waals surface area contributed by atoms with Crippen LogP contribution in [0.5, 0.6) is 0 Å². The lowest BCUT2D eigenvalue weighted by atomic mass is 10.1. The van der Waals surface area contributed by atoms with E-state index in [9.17, 15) is 0 Å². The number of aryl methyl sites for hydroxylation is 1. The molecule has 0 saturated heterocycles. The van der Waals surface area contributed by atoms with Gasteiger partial charge in [-0.1, -0.05) is 0 Å². The zero-order valence-corrected chi connectivity index (χ0v) is 8.44. The molecule has 0 bridgehead atoms. The highest BCUT2D eigenvalue weighted by molar-refractivity contribution is 5.87. The largest absolute Gasteiger partial charge is 0.399 e. The van der Waals surface area contributed by atoms with Gasteiger partial charge in [0, 0.05) is 23.5 Å². The normalized spacial score (nSPS) is 11.3. The molecule has 0 fully saturated rings. The van der Waals surface area contributed by atoms with E-state index >= 15 is 0 Å². The first kappa shape index (κ1) is 8.29. The minimum absolute atomic E-state index is 0.796. The Morgan fingerprint density at radius 1 is 1.27 bits per heavy atom. The van der Waals surface area contributed by atoms with Crippen LogP contribution < -0.4 is 5.73 Å². The topological polar surface area (TPSA) is 43.3 Å². The van der Waals surface area contributed by atoms with E-state index in [0.29, 0.717) is 0 Å². The van der Waals surface area contributed by atoms with Crippen molar-refractivity contribution in [1.82, 2.24) is 9.38 Å². The van der Waals surface area contributed by atoms with Crippen molar-refractivity contribution in [3.05, 3.63) is 42.2 Å². The number of anilines is 1. The third-order valence-corrected chi connectivity index (χ3v) is 2.72. The zero-order chi connectivity index (χ0) is 10.4. The molecule has 74 valence electrons. The fraction of sp³-hybridized carbons (Fsp3) is 0.0833. The van der Waals surface area contributed by atoms with E-state index < -0.39 is 0 Å². The molecule has 3 heteroatoms. The molecule has 0 radical (unpaired) electrons. The van der Waals surface area contributed by atoms with Crippen molar-refractivity contribution in [3.63, 3.8) is 0 Å². The second-order valence-corrected chi connectivity index (χ2v) is 3.76. The highest BCUT2D eigenvalue weighted by atomic mass is 15.0. The van der Waals surface area contributed by atoms with Gasteiger partial charge in [-0.2, -0.15) is 0 Å². The fourth-order valence-corrected chi connectivity index (χ4v) is 1.98. The van der Waals surface area contributed by atoms with Crippen molar-refractivity contribution < 1.29 is 0 Å². The van der Waals surface area contributed by atoms with E-state index in [1.165, 1.54) is 10.9 Å². The van der Waals surface area contributed by atoms with Crippen molar-refractivity contribution in [2.45, 2.75) is 6.92 Å². The van der Waals surface area contributed by atoms with Gasteiger partial charge in [-0.05, 0) is 36.8 Å². The van der Waals surface area contributed by atoms with E-state index in [1.807, 2.05) is 30.6 Å². The van der Waals surface area contributed by atoms with Crippen molar-refractivity contribution in [2.24, 2.45) is 0 Å². The number of nitrogen functional groups attached to an aromatic ring is 1. The number of hydrogen-bond acceptors (Lipinski definition) is 2. The zero-order valence-electron chi connectivity index (χ0n) is 8.44. The maximum atomic E-state index is 5.79. The van der Waals surface area contributed by atoms with Gasteiger partial charge in [0.15, 0.2) is 0 Å². The van der Waals surface area contributed by atoms with Crippen LogP contribution in [0.2, 0.25) is 0 Å². The number of imidazole rings is 1. The van der Waals surface area contributed by atoms with Gasteiger partial charge in [0.1, 0.15) is 5.65 Å². The molecule has 0 unspecified atom stereocenters. The van der Waals surface area contributed by atoms with Crippen LogP contribution in [0.4, 0.5) is 5.69 Å². The van der Waals surface area contributed by atoms with Crippen molar-refractivity contribution in [2.75, 3.05) is 5.73 Å². The molecule has 0 spiro atoms. The first-order valence-corrected chi connectivity index (χ1v) is 4.87. The number of rotatable bonds is 0. The second-order valence-electron chi connectivity index (χ2n) is 3.76. The predicted octanol–water partition coefficient (Wildman–Crippen LogP) is 2.38. The summed E-state index contributed by atoms with van der Waals surface area (Å²) < 4.78 is 2.07. The summed E-state index contributed by atoms with van der Waals surface area (Å²) in [6.45, 7) is 2.08. The van der Waals surface area contributed by atoms with Crippen LogP contribution in [0.15, 0.2) is 36.7 Å². The number of benzene rings is 1. The van der Waals surface area contributed by atoms with E-state index in [-0.39, 0.29) is 0 Å². The Bertz CT molecular complexity index is 652. The Labute approximate surface area is 87.2 Å². The number of hydrogen-bond donors (Lipinski definition) is 1. The Morgan fingerprint density at radius 3 is 3.00 bits per heavy atom. The van der Waals surface area contributed by atoms with E-state index in [2.05, 4.69) is 22.4 Å². The molecule has 0 amide bonds. The van der Waals surface area contributed by atoms with E-state index in [4.69, 9.17) is 5.73 Å². The third kappa shape index (κ3) is 1.09. The second kappa shape index (κ2) is 2.73. The Morgan fingerprint density at radius 2 is 2.13 bits per heavy atom. The number of nitrogens with zero attached hydrogens (tertiary/aromatic N) is 2. The summed E-state index contributed by atoms with van der Waals surface area (Å²) in [6.07, 6.45) is 3.78. The molecule has 0 atom stereocenters. The van der Waals surface area contributed by atoms with Crippen LogP contribution in [0.25, 0.3) is 16.6 Å². The van der Waals surface area contributed by atoms with Crippen LogP contribution in [0.3, 0.4) is 0 Å². The summed E-state index contributed by atoms with van der Waals surface area (Å²) >= 11 is 0. The molecule has 0 aliphatic carbocycles. The van der Waals surface area contributed by atoms with Gasteiger partial charge in [0.2, 0.25) is 0 Å². The lowest BCUT2D eigenvalue weighted by Crippen LogP contribution is -1.92. The molecule has 0 aliphatic heterocycles. The number of fused-ring (bicyclic) bond motifs is 3. The van der Waals surface area contributed by atoms with Crippen LogP contribution in [0.1, 0.15) is 5.56 Å². The standard InChI is InChI=1S/C12H11N3/c1-8-6-12-14-4-5-15(12)11-3-2-9(13)7-10(8)11/h2-7H,13H2,1H3. The Hall–Kier alpha value is -2.03. The molecular weight excluding hydrogens is 186 g/mol. The van der Waals surface area contributed by atoms with Gasteiger partial charge in [-0.3, -0.25) is 4.40 Å². The summed E-state index contributed by atoms with van der Waals surface area (Å²) in [5.74, 6) is 0. The number of pyridine rings is 1. The molecular formula is C12H11N3. The summed E-state index contributed by atoms with van der Waals surface area (Å²) in [5.41, 5.74) is 9.91. The summed E-state index contributed by atoms with van der Waals surface area (Å²) in [5, 5.41) is 1.18. The van der Waals surface area contributed by atoms with Gasteiger partial charge in [0.05, 0.1) is 5.52 Å². The summed E-state index contributed by atoms with van der Waals surface area (Å²) in [4.78, 5) is 4.28.